The number of rotatable bonds is 5. The molecule has 1 aliphatic heterocycles. The fourth-order valence-corrected chi connectivity index (χ4v) is 3.21. The predicted octanol–water partition coefficient (Wildman–Crippen LogP) is 3.37. The molecular weight excluding hydrogens is 342 g/mol. The monoisotopic (exact) mass is 367 g/mol. The van der Waals surface area contributed by atoms with Gasteiger partial charge in [-0.1, -0.05) is 30.3 Å². The molecule has 0 bridgehead atoms. The van der Waals surface area contributed by atoms with Gasteiger partial charge in [0.15, 0.2) is 0 Å². The standard InChI is InChI=1S/C21H25N3O3/c1-27-19-10-6-5-9-18(19)23-21(26)24-13-11-16(12-14-24)15-22-20(25)17-7-3-2-4-8-17/h2-10,16H,11-15H2,1H3,(H,22,25)(H,23,26). The van der Waals surface area contributed by atoms with Gasteiger partial charge in [0, 0.05) is 25.2 Å². The van der Waals surface area contributed by atoms with E-state index in [2.05, 4.69) is 10.6 Å². The molecule has 0 saturated carbocycles. The molecule has 1 heterocycles. The van der Waals surface area contributed by atoms with Gasteiger partial charge in [0.1, 0.15) is 5.75 Å². The Labute approximate surface area is 159 Å². The van der Waals surface area contributed by atoms with Gasteiger partial charge in [-0.15, -0.1) is 0 Å². The van der Waals surface area contributed by atoms with Crippen LogP contribution in [-0.2, 0) is 0 Å². The Morgan fingerprint density at radius 3 is 2.41 bits per heavy atom. The molecule has 3 rings (SSSR count). The molecule has 0 unspecified atom stereocenters. The summed E-state index contributed by atoms with van der Waals surface area (Å²) in [7, 11) is 1.58. The van der Waals surface area contributed by atoms with Gasteiger partial charge in [0.2, 0.25) is 0 Å². The van der Waals surface area contributed by atoms with Crippen LogP contribution in [0.5, 0.6) is 5.75 Å². The molecule has 142 valence electrons. The van der Waals surface area contributed by atoms with Gasteiger partial charge >= 0.3 is 6.03 Å². The molecule has 1 fully saturated rings. The van der Waals surface area contributed by atoms with Crippen LogP contribution in [0.1, 0.15) is 23.2 Å². The number of likely N-dealkylation sites (tertiary alicyclic amines) is 1. The van der Waals surface area contributed by atoms with E-state index < -0.39 is 0 Å². The summed E-state index contributed by atoms with van der Waals surface area (Å²) in [6.07, 6.45) is 1.74. The van der Waals surface area contributed by atoms with Gasteiger partial charge in [-0.05, 0) is 43.0 Å². The summed E-state index contributed by atoms with van der Waals surface area (Å²) in [4.78, 5) is 26.4. The number of ether oxygens (including phenoxy) is 1. The minimum atomic E-state index is -0.119. The fraction of sp³-hybridized carbons (Fsp3) is 0.333. The average Bonchev–Trinajstić information content (AvgIpc) is 2.73. The van der Waals surface area contributed by atoms with E-state index in [1.807, 2.05) is 47.4 Å². The van der Waals surface area contributed by atoms with Crippen molar-refractivity contribution in [2.24, 2.45) is 5.92 Å². The second-order valence-electron chi connectivity index (χ2n) is 6.64. The van der Waals surface area contributed by atoms with Crippen molar-refractivity contribution < 1.29 is 14.3 Å². The number of anilines is 1. The number of urea groups is 1. The second kappa shape index (κ2) is 9.07. The van der Waals surface area contributed by atoms with Crippen LogP contribution in [0.15, 0.2) is 54.6 Å². The summed E-state index contributed by atoms with van der Waals surface area (Å²) in [5.41, 5.74) is 1.34. The number of nitrogens with zero attached hydrogens (tertiary/aromatic N) is 1. The number of piperidine rings is 1. The highest BCUT2D eigenvalue weighted by Gasteiger charge is 2.23. The van der Waals surface area contributed by atoms with Crippen molar-refractivity contribution in [2.75, 3.05) is 32.1 Å². The Morgan fingerprint density at radius 1 is 1.04 bits per heavy atom. The first-order chi connectivity index (χ1) is 13.2. The van der Waals surface area contributed by atoms with E-state index in [4.69, 9.17) is 4.74 Å². The van der Waals surface area contributed by atoms with Crippen molar-refractivity contribution in [2.45, 2.75) is 12.8 Å². The van der Waals surface area contributed by atoms with Crippen LogP contribution in [0.2, 0.25) is 0 Å². The second-order valence-corrected chi connectivity index (χ2v) is 6.64. The molecule has 0 atom stereocenters. The number of amides is 3. The van der Waals surface area contributed by atoms with Crippen LogP contribution in [-0.4, -0.2) is 43.6 Å². The Hall–Kier alpha value is -3.02. The number of hydrogen-bond acceptors (Lipinski definition) is 3. The number of hydrogen-bond donors (Lipinski definition) is 2. The number of carbonyl (C=O) groups excluding carboxylic acids is 2. The summed E-state index contributed by atoms with van der Waals surface area (Å²) >= 11 is 0. The third-order valence-electron chi connectivity index (χ3n) is 4.84. The van der Waals surface area contributed by atoms with Crippen LogP contribution < -0.4 is 15.4 Å². The molecule has 6 nitrogen and oxygen atoms in total. The van der Waals surface area contributed by atoms with Crippen LogP contribution in [0, 0.1) is 5.92 Å². The summed E-state index contributed by atoms with van der Waals surface area (Å²) in [5, 5.41) is 5.90. The third-order valence-corrected chi connectivity index (χ3v) is 4.84. The van der Waals surface area contributed by atoms with Crippen molar-refractivity contribution >= 4 is 17.6 Å². The minimum absolute atomic E-state index is 0.0491. The maximum atomic E-state index is 12.5. The largest absolute Gasteiger partial charge is 0.495 e. The maximum Gasteiger partial charge on any atom is 0.321 e. The first kappa shape index (κ1) is 18.8. The van der Waals surface area contributed by atoms with Gasteiger partial charge in [0.25, 0.3) is 5.91 Å². The zero-order chi connectivity index (χ0) is 19.1. The van der Waals surface area contributed by atoms with Crippen molar-refractivity contribution in [3.05, 3.63) is 60.2 Å². The van der Waals surface area contributed by atoms with E-state index in [0.717, 1.165) is 12.8 Å². The number of nitrogens with one attached hydrogen (secondary N) is 2. The molecule has 3 amide bonds. The molecular formula is C21H25N3O3. The van der Waals surface area contributed by atoms with Gasteiger partial charge in [-0.2, -0.15) is 0 Å². The number of carbonyl (C=O) groups is 2. The van der Waals surface area contributed by atoms with Crippen molar-refractivity contribution in [1.82, 2.24) is 10.2 Å². The van der Waals surface area contributed by atoms with Crippen molar-refractivity contribution in [3.63, 3.8) is 0 Å². The lowest BCUT2D eigenvalue weighted by Gasteiger charge is -2.32. The molecule has 0 aromatic heterocycles. The smallest absolute Gasteiger partial charge is 0.321 e. The summed E-state index contributed by atoms with van der Waals surface area (Å²) in [6.45, 7) is 1.98. The Balaban J connectivity index is 1.44. The quantitative estimate of drug-likeness (QED) is 0.851. The number of benzene rings is 2. The van der Waals surface area contributed by atoms with E-state index in [9.17, 15) is 9.59 Å². The van der Waals surface area contributed by atoms with E-state index in [-0.39, 0.29) is 11.9 Å². The van der Waals surface area contributed by atoms with Crippen LogP contribution in [0.25, 0.3) is 0 Å². The molecule has 2 N–H and O–H groups in total. The van der Waals surface area contributed by atoms with Gasteiger partial charge in [0.05, 0.1) is 12.8 Å². The van der Waals surface area contributed by atoms with E-state index in [1.54, 1.807) is 19.2 Å². The molecule has 27 heavy (non-hydrogen) atoms. The van der Waals surface area contributed by atoms with Crippen LogP contribution >= 0.6 is 0 Å². The Bertz CT molecular complexity index is 771. The van der Waals surface area contributed by atoms with Crippen LogP contribution in [0.3, 0.4) is 0 Å². The molecule has 2 aromatic rings. The first-order valence-electron chi connectivity index (χ1n) is 9.19. The van der Waals surface area contributed by atoms with Gasteiger partial charge < -0.3 is 20.3 Å². The topological polar surface area (TPSA) is 70.7 Å². The highest BCUT2D eigenvalue weighted by molar-refractivity contribution is 5.94. The molecule has 1 aliphatic rings. The predicted molar refractivity (Wildman–Crippen MR) is 105 cm³/mol. The summed E-state index contributed by atoms with van der Waals surface area (Å²) in [6, 6.07) is 16.5. The highest BCUT2D eigenvalue weighted by atomic mass is 16.5. The zero-order valence-electron chi connectivity index (χ0n) is 15.5. The summed E-state index contributed by atoms with van der Waals surface area (Å²) in [5.74, 6) is 0.976. The Morgan fingerprint density at radius 2 is 1.70 bits per heavy atom. The van der Waals surface area contributed by atoms with E-state index >= 15 is 0 Å². The Kier molecular flexibility index (Phi) is 6.30. The lowest BCUT2D eigenvalue weighted by Crippen LogP contribution is -2.43. The lowest BCUT2D eigenvalue weighted by molar-refractivity contribution is 0.0938. The highest BCUT2D eigenvalue weighted by Crippen LogP contribution is 2.24. The first-order valence-corrected chi connectivity index (χ1v) is 9.19. The number of methoxy groups -OCH3 is 1. The summed E-state index contributed by atoms with van der Waals surface area (Å²) < 4.78 is 5.27. The van der Waals surface area contributed by atoms with E-state index in [0.29, 0.717) is 42.6 Å². The van der Waals surface area contributed by atoms with Gasteiger partial charge in [-0.25, -0.2) is 4.79 Å². The normalized spacial score (nSPS) is 14.5. The molecule has 2 aromatic carbocycles. The molecule has 0 spiro atoms. The maximum absolute atomic E-state index is 12.5. The third kappa shape index (κ3) is 5.00. The fourth-order valence-electron chi connectivity index (χ4n) is 3.21. The molecule has 1 saturated heterocycles. The molecule has 6 heteroatoms. The van der Waals surface area contributed by atoms with Crippen molar-refractivity contribution in [3.8, 4) is 5.75 Å². The van der Waals surface area contributed by atoms with Crippen LogP contribution in [0.4, 0.5) is 10.5 Å². The molecule has 0 aliphatic carbocycles. The number of para-hydroxylation sites is 2. The SMILES string of the molecule is COc1ccccc1NC(=O)N1CCC(CNC(=O)c2ccccc2)CC1. The minimum Gasteiger partial charge on any atom is -0.495 e. The van der Waals surface area contributed by atoms with Gasteiger partial charge in [-0.3, -0.25) is 4.79 Å². The molecule has 0 radical (unpaired) electrons. The van der Waals surface area contributed by atoms with Crippen molar-refractivity contribution in [1.29, 1.82) is 0 Å². The lowest BCUT2D eigenvalue weighted by atomic mass is 9.97. The average molecular weight is 367 g/mol. The van der Waals surface area contributed by atoms with E-state index in [1.165, 1.54) is 0 Å². The zero-order valence-corrected chi connectivity index (χ0v) is 15.5.